The van der Waals surface area contributed by atoms with Gasteiger partial charge >= 0.3 is 0 Å². The van der Waals surface area contributed by atoms with Gasteiger partial charge in [0.2, 0.25) is 5.91 Å². The molecule has 0 aliphatic heterocycles. The van der Waals surface area contributed by atoms with E-state index in [1.54, 1.807) is 11.8 Å². The van der Waals surface area contributed by atoms with E-state index in [2.05, 4.69) is 29.8 Å². The summed E-state index contributed by atoms with van der Waals surface area (Å²) in [5.74, 6) is 1.23. The van der Waals surface area contributed by atoms with Gasteiger partial charge < -0.3 is 4.90 Å². The predicted octanol–water partition coefficient (Wildman–Crippen LogP) is 3.15. The molecule has 0 aliphatic carbocycles. The monoisotopic (exact) mass is 295 g/mol. The number of rotatable bonds is 8. The van der Waals surface area contributed by atoms with E-state index in [4.69, 9.17) is 0 Å². The second-order valence-corrected chi connectivity index (χ2v) is 5.27. The molecule has 0 radical (unpaired) electrons. The van der Waals surface area contributed by atoms with Crippen LogP contribution in [0.15, 0.2) is 0 Å². The molecule has 0 aromatic rings. The summed E-state index contributed by atoms with van der Waals surface area (Å²) in [5, 5.41) is 0.870. The van der Waals surface area contributed by atoms with Crippen molar-refractivity contribution in [2.24, 2.45) is 0 Å². The smallest absolute Gasteiger partial charge is 0.223 e. The van der Waals surface area contributed by atoms with Crippen molar-refractivity contribution in [3.8, 4) is 0 Å². The van der Waals surface area contributed by atoms with Crippen LogP contribution in [-0.2, 0) is 4.79 Å². The standard InChI is InChI=1S/C11H22BrNOS/c1-4-10(5-2)13(8-7-12)11(14)6-9-15-3/h10H,4-9H2,1-3H3. The van der Waals surface area contributed by atoms with Crippen LogP contribution in [0.2, 0.25) is 0 Å². The Kier molecular flexibility index (Phi) is 9.71. The number of nitrogens with zero attached hydrogens (tertiary/aromatic N) is 1. The second-order valence-electron chi connectivity index (χ2n) is 3.49. The van der Waals surface area contributed by atoms with Crippen molar-refractivity contribution in [1.29, 1.82) is 0 Å². The van der Waals surface area contributed by atoms with Gasteiger partial charge in [0.1, 0.15) is 0 Å². The van der Waals surface area contributed by atoms with E-state index in [-0.39, 0.29) is 0 Å². The van der Waals surface area contributed by atoms with Gasteiger partial charge in [-0.1, -0.05) is 29.8 Å². The first kappa shape index (κ1) is 15.3. The Morgan fingerprint density at radius 2 is 2.00 bits per heavy atom. The summed E-state index contributed by atoms with van der Waals surface area (Å²) in [6.07, 6.45) is 4.81. The van der Waals surface area contributed by atoms with Crippen LogP contribution in [0.1, 0.15) is 33.1 Å². The van der Waals surface area contributed by atoms with Crippen LogP contribution in [0, 0.1) is 0 Å². The average Bonchev–Trinajstić information content (AvgIpc) is 2.26. The fourth-order valence-electron chi connectivity index (χ4n) is 1.66. The number of carbonyl (C=O) groups excluding carboxylic acids is 1. The lowest BCUT2D eigenvalue weighted by Crippen LogP contribution is -2.41. The Hall–Kier alpha value is 0.300. The molecule has 0 aromatic carbocycles. The van der Waals surface area contributed by atoms with Crippen molar-refractivity contribution in [1.82, 2.24) is 4.90 Å². The van der Waals surface area contributed by atoms with Crippen LogP contribution in [0.4, 0.5) is 0 Å². The molecule has 0 N–H and O–H groups in total. The second kappa shape index (κ2) is 9.52. The number of halogens is 1. The van der Waals surface area contributed by atoms with Crippen LogP contribution < -0.4 is 0 Å². The molecule has 0 saturated carbocycles. The Bertz CT molecular complexity index is 174. The lowest BCUT2D eigenvalue weighted by Gasteiger charge is -2.30. The van der Waals surface area contributed by atoms with Crippen LogP contribution in [0.25, 0.3) is 0 Å². The third-order valence-electron chi connectivity index (χ3n) is 2.55. The zero-order valence-electron chi connectivity index (χ0n) is 9.96. The largest absolute Gasteiger partial charge is 0.339 e. The van der Waals surface area contributed by atoms with Gasteiger partial charge in [-0.2, -0.15) is 11.8 Å². The van der Waals surface area contributed by atoms with Gasteiger partial charge in [-0.05, 0) is 19.1 Å². The minimum Gasteiger partial charge on any atom is -0.339 e. The molecule has 0 unspecified atom stereocenters. The highest BCUT2D eigenvalue weighted by atomic mass is 79.9. The van der Waals surface area contributed by atoms with Crippen LogP contribution >= 0.6 is 27.7 Å². The van der Waals surface area contributed by atoms with Crippen LogP contribution in [0.5, 0.6) is 0 Å². The minimum absolute atomic E-state index is 0.303. The molecule has 90 valence electrons. The van der Waals surface area contributed by atoms with Gasteiger partial charge in [0.05, 0.1) is 0 Å². The van der Waals surface area contributed by atoms with Gasteiger partial charge in [0.15, 0.2) is 0 Å². The number of alkyl halides is 1. The Labute approximate surface area is 106 Å². The molecule has 2 nitrogen and oxygen atoms in total. The van der Waals surface area contributed by atoms with Gasteiger partial charge in [0.25, 0.3) is 0 Å². The Morgan fingerprint density at radius 1 is 1.40 bits per heavy atom. The molecule has 15 heavy (non-hydrogen) atoms. The third kappa shape index (κ3) is 5.81. The summed E-state index contributed by atoms with van der Waals surface area (Å²) in [5.41, 5.74) is 0. The van der Waals surface area contributed by atoms with Crippen molar-refractivity contribution in [2.75, 3.05) is 23.9 Å². The summed E-state index contributed by atoms with van der Waals surface area (Å²) in [6.45, 7) is 5.13. The molecule has 1 amide bonds. The Morgan fingerprint density at radius 3 is 2.40 bits per heavy atom. The van der Waals surface area contributed by atoms with Gasteiger partial charge in [-0.15, -0.1) is 0 Å². The van der Waals surface area contributed by atoms with E-state index in [0.29, 0.717) is 18.4 Å². The highest BCUT2D eigenvalue weighted by Crippen LogP contribution is 2.12. The summed E-state index contributed by atoms with van der Waals surface area (Å²) in [4.78, 5) is 14.0. The van der Waals surface area contributed by atoms with Gasteiger partial charge in [0, 0.05) is 30.1 Å². The number of thioether (sulfide) groups is 1. The molecule has 0 spiro atoms. The summed E-state index contributed by atoms with van der Waals surface area (Å²) < 4.78 is 0. The Balaban J connectivity index is 4.28. The molecule has 4 heteroatoms. The van der Waals surface area contributed by atoms with E-state index in [9.17, 15) is 4.79 Å². The third-order valence-corrected chi connectivity index (χ3v) is 3.52. The maximum absolute atomic E-state index is 11.9. The topological polar surface area (TPSA) is 20.3 Å². The van der Waals surface area contributed by atoms with E-state index < -0.39 is 0 Å². The fourth-order valence-corrected chi connectivity index (χ4v) is 2.43. The van der Waals surface area contributed by atoms with Crippen molar-refractivity contribution >= 4 is 33.6 Å². The number of carbonyl (C=O) groups is 1. The maximum Gasteiger partial charge on any atom is 0.223 e. The van der Waals surface area contributed by atoms with E-state index in [1.807, 2.05) is 11.2 Å². The van der Waals surface area contributed by atoms with Crippen molar-refractivity contribution in [2.45, 2.75) is 39.2 Å². The molecular weight excluding hydrogens is 274 g/mol. The molecule has 0 aromatic heterocycles. The zero-order valence-corrected chi connectivity index (χ0v) is 12.4. The van der Waals surface area contributed by atoms with Crippen molar-refractivity contribution in [3.63, 3.8) is 0 Å². The lowest BCUT2D eigenvalue weighted by atomic mass is 10.1. The van der Waals surface area contributed by atoms with E-state index >= 15 is 0 Å². The number of hydrogen-bond donors (Lipinski definition) is 0. The molecule has 0 atom stereocenters. The summed E-state index contributed by atoms with van der Waals surface area (Å²) in [6, 6.07) is 0.414. The molecule has 0 aliphatic rings. The average molecular weight is 296 g/mol. The van der Waals surface area contributed by atoms with Gasteiger partial charge in [-0.3, -0.25) is 4.79 Å². The van der Waals surface area contributed by atoms with Crippen molar-refractivity contribution < 1.29 is 4.79 Å². The molecule has 0 fully saturated rings. The highest BCUT2D eigenvalue weighted by Gasteiger charge is 2.19. The molecule has 0 heterocycles. The summed E-state index contributed by atoms with van der Waals surface area (Å²) in [7, 11) is 0. The zero-order chi connectivity index (χ0) is 11.7. The quantitative estimate of drug-likeness (QED) is 0.641. The molecule has 0 bridgehead atoms. The first-order valence-corrected chi connectivity index (χ1v) is 8.07. The van der Waals surface area contributed by atoms with E-state index in [1.165, 1.54) is 0 Å². The first-order chi connectivity index (χ1) is 7.21. The number of hydrogen-bond acceptors (Lipinski definition) is 2. The fraction of sp³-hybridized carbons (Fsp3) is 0.909. The lowest BCUT2D eigenvalue weighted by molar-refractivity contribution is -0.132. The molecular formula is C11H22BrNOS. The SMILES string of the molecule is CCC(CC)N(CCBr)C(=O)CCSC. The predicted molar refractivity (Wildman–Crippen MR) is 72.9 cm³/mol. The van der Waals surface area contributed by atoms with Crippen LogP contribution in [-0.4, -0.2) is 40.7 Å². The molecule has 0 saturated heterocycles. The molecule has 0 rings (SSSR count). The van der Waals surface area contributed by atoms with E-state index in [0.717, 1.165) is 30.5 Å². The minimum atomic E-state index is 0.303. The first-order valence-electron chi connectivity index (χ1n) is 5.55. The maximum atomic E-state index is 11.9. The highest BCUT2D eigenvalue weighted by molar-refractivity contribution is 9.09. The van der Waals surface area contributed by atoms with Crippen molar-refractivity contribution in [3.05, 3.63) is 0 Å². The summed E-state index contributed by atoms with van der Waals surface area (Å²) >= 11 is 5.15. The van der Waals surface area contributed by atoms with Crippen LogP contribution in [0.3, 0.4) is 0 Å². The number of amides is 1. The normalized spacial score (nSPS) is 10.7. The van der Waals surface area contributed by atoms with Gasteiger partial charge in [-0.25, -0.2) is 0 Å².